The lowest BCUT2D eigenvalue weighted by Gasteiger charge is -2.33. The molecule has 166 valence electrons. The molecule has 8 nitrogen and oxygen atoms in total. The molecule has 0 saturated carbocycles. The van der Waals surface area contributed by atoms with Gasteiger partial charge in [-0.2, -0.15) is 0 Å². The zero-order chi connectivity index (χ0) is 22.5. The van der Waals surface area contributed by atoms with Gasteiger partial charge >= 0.3 is 0 Å². The van der Waals surface area contributed by atoms with Crippen LogP contribution in [0, 0.1) is 0 Å². The molecular formula is C24H26N4O4. The second-order valence-corrected chi connectivity index (χ2v) is 7.77. The van der Waals surface area contributed by atoms with Crippen molar-refractivity contribution in [2.75, 3.05) is 20.2 Å². The van der Waals surface area contributed by atoms with Gasteiger partial charge in [0, 0.05) is 37.3 Å². The molecule has 1 aliphatic rings. The minimum atomic E-state index is -0.607. The molecule has 1 saturated heterocycles. The van der Waals surface area contributed by atoms with Crippen LogP contribution in [-0.4, -0.2) is 52.1 Å². The monoisotopic (exact) mass is 434 g/mol. The van der Waals surface area contributed by atoms with Crippen molar-refractivity contribution in [1.29, 1.82) is 0 Å². The largest absolute Gasteiger partial charge is 0.497 e. The van der Waals surface area contributed by atoms with Gasteiger partial charge in [-0.1, -0.05) is 12.1 Å². The van der Waals surface area contributed by atoms with E-state index in [1.807, 2.05) is 35.2 Å². The number of ether oxygens (including phenoxy) is 2. The summed E-state index contributed by atoms with van der Waals surface area (Å²) in [5.41, 5.74) is 1.02. The number of hydrogen-bond acceptors (Lipinski definition) is 6. The Morgan fingerprint density at radius 3 is 2.59 bits per heavy atom. The first kappa shape index (κ1) is 21.5. The average molecular weight is 434 g/mol. The summed E-state index contributed by atoms with van der Waals surface area (Å²) in [5.74, 6) is 1.93. The number of methoxy groups -OCH3 is 1. The normalized spacial score (nSPS) is 15.2. The Morgan fingerprint density at radius 1 is 1.09 bits per heavy atom. The third kappa shape index (κ3) is 4.96. The van der Waals surface area contributed by atoms with Crippen molar-refractivity contribution in [1.82, 2.24) is 19.9 Å². The van der Waals surface area contributed by atoms with Crippen molar-refractivity contribution < 1.29 is 14.3 Å². The lowest BCUT2D eigenvalue weighted by atomic mass is 9.95. The number of amides is 1. The Labute approximate surface area is 186 Å². The van der Waals surface area contributed by atoms with E-state index in [4.69, 9.17) is 9.47 Å². The fourth-order valence-electron chi connectivity index (χ4n) is 3.87. The van der Waals surface area contributed by atoms with Crippen molar-refractivity contribution in [3.05, 3.63) is 70.9 Å². The summed E-state index contributed by atoms with van der Waals surface area (Å²) < 4.78 is 11.0. The maximum atomic E-state index is 12.9. The predicted molar refractivity (Wildman–Crippen MR) is 120 cm³/mol. The summed E-state index contributed by atoms with van der Waals surface area (Å²) in [6, 6.07) is 14.2. The number of nitrogens with one attached hydrogen (secondary N) is 1. The smallest absolute Gasteiger partial charge is 0.263 e. The number of benzene rings is 1. The van der Waals surface area contributed by atoms with E-state index in [9.17, 15) is 9.59 Å². The first-order valence-corrected chi connectivity index (χ1v) is 10.7. The molecule has 0 unspecified atom stereocenters. The summed E-state index contributed by atoms with van der Waals surface area (Å²) >= 11 is 0. The number of aromatic nitrogens is 3. The van der Waals surface area contributed by atoms with Gasteiger partial charge in [-0.3, -0.25) is 14.6 Å². The van der Waals surface area contributed by atoms with Gasteiger partial charge in [0.05, 0.1) is 18.5 Å². The number of carbonyl (C=O) groups is 1. The van der Waals surface area contributed by atoms with E-state index in [1.165, 1.54) is 6.07 Å². The molecular weight excluding hydrogens is 408 g/mol. The SMILES string of the molecule is COc1cccc(O[C@@H](C)C(=O)N2CCC(c3nc(-c4ccccn4)cc(=O)[nH]3)CC2)c1. The number of carbonyl (C=O) groups excluding carboxylic acids is 1. The van der Waals surface area contributed by atoms with E-state index in [0.29, 0.717) is 54.6 Å². The van der Waals surface area contributed by atoms with E-state index < -0.39 is 6.10 Å². The molecule has 0 radical (unpaired) electrons. The Balaban J connectivity index is 1.39. The highest BCUT2D eigenvalue weighted by Gasteiger charge is 2.29. The van der Waals surface area contributed by atoms with Crippen molar-refractivity contribution in [3.8, 4) is 22.9 Å². The first-order valence-electron chi connectivity index (χ1n) is 10.7. The average Bonchev–Trinajstić information content (AvgIpc) is 2.84. The molecule has 1 N–H and O–H groups in total. The van der Waals surface area contributed by atoms with Gasteiger partial charge in [0.25, 0.3) is 11.5 Å². The Morgan fingerprint density at radius 2 is 1.88 bits per heavy atom. The molecule has 1 fully saturated rings. The van der Waals surface area contributed by atoms with Crippen molar-refractivity contribution in [3.63, 3.8) is 0 Å². The summed E-state index contributed by atoms with van der Waals surface area (Å²) in [6.07, 6.45) is 2.50. The molecule has 0 bridgehead atoms. The van der Waals surface area contributed by atoms with Crippen molar-refractivity contribution >= 4 is 5.91 Å². The maximum absolute atomic E-state index is 12.9. The van der Waals surface area contributed by atoms with E-state index in [2.05, 4.69) is 15.0 Å². The highest BCUT2D eigenvalue weighted by atomic mass is 16.5. The Bertz CT molecular complexity index is 1120. The molecule has 1 amide bonds. The fraction of sp³-hybridized carbons (Fsp3) is 0.333. The molecule has 1 aliphatic heterocycles. The third-order valence-corrected chi connectivity index (χ3v) is 5.58. The van der Waals surface area contributed by atoms with Crippen LogP contribution in [0.25, 0.3) is 11.4 Å². The van der Waals surface area contributed by atoms with E-state index >= 15 is 0 Å². The van der Waals surface area contributed by atoms with E-state index in [0.717, 1.165) is 0 Å². The highest BCUT2D eigenvalue weighted by molar-refractivity contribution is 5.81. The Hall–Kier alpha value is -3.68. The van der Waals surface area contributed by atoms with Gasteiger partial charge in [-0.25, -0.2) is 4.98 Å². The standard InChI is InChI=1S/C24H26N4O4/c1-16(32-19-7-5-6-18(14-19)31-2)24(30)28-12-9-17(10-13-28)23-26-21(15-22(29)27-23)20-8-3-4-11-25-20/h3-8,11,14-17H,9-10,12-13H2,1-2H3,(H,26,27,29)/t16-/m0/s1. The quantitative estimate of drug-likeness (QED) is 0.641. The molecule has 3 heterocycles. The lowest BCUT2D eigenvalue weighted by molar-refractivity contribution is -0.139. The second kappa shape index (κ2) is 9.64. The number of hydrogen-bond donors (Lipinski definition) is 1. The summed E-state index contributed by atoms with van der Waals surface area (Å²) in [6.45, 7) is 2.91. The molecule has 3 aromatic rings. The van der Waals surface area contributed by atoms with Crippen molar-refractivity contribution in [2.24, 2.45) is 0 Å². The van der Waals surface area contributed by atoms with Crippen LogP contribution < -0.4 is 15.0 Å². The van der Waals surface area contributed by atoms with Gasteiger partial charge < -0.3 is 19.4 Å². The molecule has 2 aromatic heterocycles. The van der Waals surface area contributed by atoms with Gasteiger partial charge in [-0.05, 0) is 44.0 Å². The summed E-state index contributed by atoms with van der Waals surface area (Å²) in [4.78, 5) is 38.7. The first-order chi connectivity index (χ1) is 15.5. The summed E-state index contributed by atoms with van der Waals surface area (Å²) in [5, 5.41) is 0. The van der Waals surface area contributed by atoms with E-state index in [1.54, 1.807) is 32.4 Å². The van der Waals surface area contributed by atoms with Crippen LogP contribution >= 0.6 is 0 Å². The number of likely N-dealkylation sites (tertiary alicyclic amines) is 1. The minimum absolute atomic E-state index is 0.0602. The van der Waals surface area contributed by atoms with Crippen LogP contribution in [-0.2, 0) is 4.79 Å². The van der Waals surface area contributed by atoms with Crippen LogP contribution in [0.3, 0.4) is 0 Å². The number of pyridine rings is 1. The minimum Gasteiger partial charge on any atom is -0.497 e. The lowest BCUT2D eigenvalue weighted by Crippen LogP contribution is -2.44. The zero-order valence-electron chi connectivity index (χ0n) is 18.2. The Kier molecular flexibility index (Phi) is 6.49. The fourth-order valence-corrected chi connectivity index (χ4v) is 3.87. The molecule has 4 rings (SSSR count). The van der Waals surface area contributed by atoms with Gasteiger partial charge in [-0.15, -0.1) is 0 Å². The number of piperidine rings is 1. The van der Waals surface area contributed by atoms with Crippen LogP contribution in [0.5, 0.6) is 11.5 Å². The number of aromatic amines is 1. The van der Waals surface area contributed by atoms with Crippen LogP contribution in [0.15, 0.2) is 59.5 Å². The number of nitrogens with zero attached hydrogens (tertiary/aromatic N) is 3. The maximum Gasteiger partial charge on any atom is 0.263 e. The molecule has 32 heavy (non-hydrogen) atoms. The van der Waals surface area contributed by atoms with Crippen LogP contribution in [0.1, 0.15) is 31.5 Å². The molecule has 8 heteroatoms. The highest BCUT2D eigenvalue weighted by Crippen LogP contribution is 2.27. The van der Waals surface area contributed by atoms with Crippen LogP contribution in [0.2, 0.25) is 0 Å². The van der Waals surface area contributed by atoms with Gasteiger partial charge in [0.15, 0.2) is 6.10 Å². The predicted octanol–water partition coefficient (Wildman–Crippen LogP) is 3.01. The number of H-pyrrole nitrogens is 1. The molecule has 1 aromatic carbocycles. The zero-order valence-corrected chi connectivity index (χ0v) is 18.2. The molecule has 0 spiro atoms. The molecule has 0 aliphatic carbocycles. The van der Waals surface area contributed by atoms with E-state index in [-0.39, 0.29) is 17.4 Å². The molecule has 1 atom stereocenters. The van der Waals surface area contributed by atoms with Crippen molar-refractivity contribution in [2.45, 2.75) is 31.8 Å². The second-order valence-electron chi connectivity index (χ2n) is 7.77. The number of rotatable bonds is 6. The third-order valence-electron chi connectivity index (χ3n) is 5.58. The summed E-state index contributed by atoms with van der Waals surface area (Å²) in [7, 11) is 1.59. The topological polar surface area (TPSA) is 97.4 Å². The van der Waals surface area contributed by atoms with Gasteiger partial charge in [0.1, 0.15) is 17.3 Å². The van der Waals surface area contributed by atoms with Crippen LogP contribution in [0.4, 0.5) is 0 Å². The van der Waals surface area contributed by atoms with Gasteiger partial charge in [0.2, 0.25) is 0 Å².